The third-order valence-corrected chi connectivity index (χ3v) is 3.91. The fraction of sp³-hybridized carbons (Fsp3) is 0.857. The molecule has 18 heavy (non-hydrogen) atoms. The molecule has 0 saturated heterocycles. The molecule has 0 spiro atoms. The number of hydrogen-bond donors (Lipinski definition) is 1. The van der Waals surface area contributed by atoms with E-state index in [4.69, 9.17) is 10.7 Å². The minimum absolute atomic E-state index is 0.0212. The molecule has 102 valence electrons. The summed E-state index contributed by atoms with van der Waals surface area (Å²) in [5, 5.41) is 4.55. The van der Waals surface area contributed by atoms with Crippen LogP contribution in [0.2, 0.25) is 0 Å². The van der Waals surface area contributed by atoms with Crippen LogP contribution in [0.3, 0.4) is 0 Å². The molecule has 1 aliphatic rings. The average molecular weight is 250 g/mol. The maximum Gasteiger partial charge on any atom is 0.156 e. The van der Waals surface area contributed by atoms with Crippen molar-refractivity contribution >= 4 is 0 Å². The molecule has 0 bridgehead atoms. The van der Waals surface area contributed by atoms with Crippen LogP contribution in [-0.2, 0) is 18.0 Å². The van der Waals surface area contributed by atoms with Gasteiger partial charge >= 0.3 is 0 Å². The Balaban J connectivity index is 2.36. The highest BCUT2D eigenvalue weighted by Crippen LogP contribution is 2.37. The van der Waals surface area contributed by atoms with Crippen LogP contribution in [0.5, 0.6) is 0 Å². The van der Waals surface area contributed by atoms with Crippen LogP contribution in [0.25, 0.3) is 0 Å². The number of aryl methyl sites for hydroxylation is 1. The minimum atomic E-state index is -0.289. The Hall–Kier alpha value is -0.900. The predicted octanol–water partition coefficient (Wildman–Crippen LogP) is 2.48. The number of nitrogens with two attached hydrogens (primary N) is 1. The zero-order valence-electron chi connectivity index (χ0n) is 12.3. The molecule has 0 radical (unpaired) electrons. The van der Waals surface area contributed by atoms with E-state index in [0.29, 0.717) is 5.92 Å². The van der Waals surface area contributed by atoms with Crippen molar-refractivity contribution in [3.8, 4) is 0 Å². The molecule has 1 heterocycles. The van der Waals surface area contributed by atoms with Gasteiger partial charge in [0.15, 0.2) is 5.82 Å². The van der Waals surface area contributed by atoms with Crippen molar-refractivity contribution in [3.63, 3.8) is 0 Å². The Morgan fingerprint density at radius 2 is 2.06 bits per heavy atom. The summed E-state index contributed by atoms with van der Waals surface area (Å²) in [7, 11) is 1.96. The highest BCUT2D eigenvalue weighted by molar-refractivity contribution is 5.12. The maximum atomic E-state index is 6.60. The van der Waals surface area contributed by atoms with Gasteiger partial charge in [0.2, 0.25) is 0 Å². The van der Waals surface area contributed by atoms with E-state index in [1.807, 2.05) is 11.7 Å². The summed E-state index contributed by atoms with van der Waals surface area (Å²) >= 11 is 0. The first kappa shape index (κ1) is 13.5. The molecule has 1 fully saturated rings. The van der Waals surface area contributed by atoms with Gasteiger partial charge in [-0.25, -0.2) is 4.98 Å². The van der Waals surface area contributed by atoms with E-state index in [-0.39, 0.29) is 11.0 Å². The Kier molecular flexibility index (Phi) is 3.26. The first-order chi connectivity index (χ1) is 8.22. The number of aromatic nitrogens is 3. The summed E-state index contributed by atoms with van der Waals surface area (Å²) in [5.74, 6) is 2.53. The number of rotatable bonds is 1. The van der Waals surface area contributed by atoms with E-state index in [1.165, 1.54) is 12.8 Å². The van der Waals surface area contributed by atoms with Gasteiger partial charge in [0, 0.05) is 12.5 Å². The van der Waals surface area contributed by atoms with Crippen molar-refractivity contribution in [2.75, 3.05) is 0 Å². The monoisotopic (exact) mass is 250 g/mol. The molecule has 0 aliphatic heterocycles. The highest BCUT2D eigenvalue weighted by Gasteiger charge is 2.37. The molecule has 1 aromatic rings. The van der Waals surface area contributed by atoms with Gasteiger partial charge in [0.25, 0.3) is 0 Å². The molecule has 2 atom stereocenters. The fourth-order valence-corrected chi connectivity index (χ4v) is 2.93. The molecular weight excluding hydrogens is 224 g/mol. The molecular formula is C14H26N4. The Bertz CT molecular complexity index is 429. The van der Waals surface area contributed by atoms with Crippen molar-refractivity contribution in [2.45, 2.75) is 64.3 Å². The average Bonchev–Trinajstić information content (AvgIpc) is 2.60. The second kappa shape index (κ2) is 4.34. The maximum absolute atomic E-state index is 6.60. The number of nitrogens with zero attached hydrogens (tertiary/aromatic N) is 3. The van der Waals surface area contributed by atoms with Gasteiger partial charge in [-0.2, -0.15) is 5.10 Å². The second-order valence-corrected chi connectivity index (χ2v) is 6.99. The topological polar surface area (TPSA) is 56.7 Å². The molecule has 0 amide bonds. The van der Waals surface area contributed by atoms with Gasteiger partial charge < -0.3 is 5.73 Å². The first-order valence-corrected chi connectivity index (χ1v) is 6.93. The lowest BCUT2D eigenvalue weighted by molar-refractivity contribution is 0.222. The molecule has 1 saturated carbocycles. The van der Waals surface area contributed by atoms with Gasteiger partial charge in [-0.3, -0.25) is 4.68 Å². The third-order valence-electron chi connectivity index (χ3n) is 3.91. The summed E-state index contributed by atoms with van der Waals surface area (Å²) in [6.07, 6.45) is 4.51. The van der Waals surface area contributed by atoms with E-state index in [2.05, 4.69) is 32.8 Å². The lowest BCUT2D eigenvalue weighted by Crippen LogP contribution is -2.43. The summed E-state index contributed by atoms with van der Waals surface area (Å²) in [4.78, 5) is 4.74. The minimum Gasteiger partial charge on any atom is -0.319 e. The largest absolute Gasteiger partial charge is 0.319 e. The second-order valence-electron chi connectivity index (χ2n) is 6.99. The molecule has 4 nitrogen and oxygen atoms in total. The smallest absolute Gasteiger partial charge is 0.156 e. The fourth-order valence-electron chi connectivity index (χ4n) is 2.93. The summed E-state index contributed by atoms with van der Waals surface area (Å²) < 4.78 is 1.89. The van der Waals surface area contributed by atoms with Gasteiger partial charge in [0.05, 0.1) is 5.54 Å². The zero-order valence-corrected chi connectivity index (χ0v) is 12.3. The normalized spacial score (nSPS) is 29.6. The van der Waals surface area contributed by atoms with Crippen LogP contribution in [0.1, 0.15) is 65.0 Å². The van der Waals surface area contributed by atoms with Gasteiger partial charge in [-0.05, 0) is 18.8 Å². The molecule has 4 heteroatoms. The Labute approximate surface area is 110 Å². The molecule has 2 rings (SSSR count). The summed E-state index contributed by atoms with van der Waals surface area (Å²) in [5.41, 5.74) is 6.29. The summed E-state index contributed by atoms with van der Waals surface area (Å²) in [6.45, 7) is 8.69. The van der Waals surface area contributed by atoms with Crippen LogP contribution in [0, 0.1) is 5.92 Å². The third kappa shape index (κ3) is 2.44. The SMILES string of the molecule is CC1CCCC(N)(c2nc(C(C)(C)C)nn2C)C1. The Morgan fingerprint density at radius 1 is 1.39 bits per heavy atom. The van der Waals surface area contributed by atoms with Gasteiger partial charge in [-0.15, -0.1) is 0 Å². The van der Waals surface area contributed by atoms with E-state index >= 15 is 0 Å². The van der Waals surface area contributed by atoms with E-state index in [1.54, 1.807) is 0 Å². The molecule has 0 aromatic carbocycles. The van der Waals surface area contributed by atoms with Crippen molar-refractivity contribution < 1.29 is 0 Å². The van der Waals surface area contributed by atoms with Crippen molar-refractivity contribution in [3.05, 3.63) is 11.6 Å². The molecule has 1 aromatic heterocycles. The molecule has 2 N–H and O–H groups in total. The van der Waals surface area contributed by atoms with E-state index in [0.717, 1.165) is 24.5 Å². The van der Waals surface area contributed by atoms with Crippen LogP contribution in [0.4, 0.5) is 0 Å². The van der Waals surface area contributed by atoms with Crippen LogP contribution >= 0.6 is 0 Å². The van der Waals surface area contributed by atoms with Crippen LogP contribution < -0.4 is 5.73 Å². The zero-order chi connectivity index (χ0) is 13.6. The lowest BCUT2D eigenvalue weighted by atomic mass is 9.76. The Morgan fingerprint density at radius 3 is 2.56 bits per heavy atom. The van der Waals surface area contributed by atoms with E-state index in [9.17, 15) is 0 Å². The predicted molar refractivity (Wildman–Crippen MR) is 73.2 cm³/mol. The standard InChI is InChI=1S/C14H26N4/c1-10-7-6-8-14(15,9-10)12-16-11(13(2,3)4)17-18(12)5/h10H,6-9,15H2,1-5H3. The molecule has 1 aliphatic carbocycles. The quantitative estimate of drug-likeness (QED) is 0.833. The first-order valence-electron chi connectivity index (χ1n) is 6.93. The number of hydrogen-bond acceptors (Lipinski definition) is 3. The van der Waals surface area contributed by atoms with E-state index < -0.39 is 0 Å². The lowest BCUT2D eigenvalue weighted by Gasteiger charge is -2.35. The summed E-state index contributed by atoms with van der Waals surface area (Å²) in [6, 6.07) is 0. The van der Waals surface area contributed by atoms with Crippen LogP contribution in [-0.4, -0.2) is 14.8 Å². The van der Waals surface area contributed by atoms with Crippen LogP contribution in [0.15, 0.2) is 0 Å². The van der Waals surface area contributed by atoms with Crippen molar-refractivity contribution in [1.29, 1.82) is 0 Å². The van der Waals surface area contributed by atoms with Gasteiger partial charge in [-0.1, -0.05) is 40.5 Å². The van der Waals surface area contributed by atoms with Gasteiger partial charge in [0.1, 0.15) is 5.82 Å². The highest BCUT2D eigenvalue weighted by atomic mass is 15.3. The van der Waals surface area contributed by atoms with Crippen molar-refractivity contribution in [1.82, 2.24) is 14.8 Å². The molecule has 2 unspecified atom stereocenters. The van der Waals surface area contributed by atoms with Crippen molar-refractivity contribution in [2.24, 2.45) is 18.7 Å².